The monoisotopic (exact) mass is 447 g/mol. The van der Waals surface area contributed by atoms with E-state index in [4.69, 9.17) is 0 Å². The molecule has 168 valence electrons. The zero-order valence-corrected chi connectivity index (χ0v) is 19.3. The topological polar surface area (TPSA) is 78.9 Å². The van der Waals surface area contributed by atoms with E-state index in [-0.39, 0.29) is 0 Å². The first-order chi connectivity index (χ1) is 16.6. The second kappa shape index (κ2) is 9.15. The van der Waals surface area contributed by atoms with Crippen LogP contribution in [0.2, 0.25) is 0 Å². The van der Waals surface area contributed by atoms with Gasteiger partial charge in [0.2, 0.25) is 0 Å². The Hall–Kier alpha value is -4.52. The molecule has 0 saturated heterocycles. The Morgan fingerprint density at radius 2 is 1.62 bits per heavy atom. The first-order valence-corrected chi connectivity index (χ1v) is 11.0. The van der Waals surface area contributed by atoms with Crippen LogP contribution in [0.1, 0.15) is 5.56 Å². The van der Waals surface area contributed by atoms with Crippen LogP contribution in [-0.2, 0) is 0 Å². The number of nitrogens with zero attached hydrogens (tertiary/aromatic N) is 5. The Bertz CT molecular complexity index is 1450. The molecular formula is C27H25N7. The number of pyridine rings is 2. The number of anilines is 5. The first-order valence-electron chi connectivity index (χ1n) is 11.0. The normalized spacial score (nSPS) is 10.8. The van der Waals surface area contributed by atoms with E-state index in [1.807, 2.05) is 56.7 Å². The van der Waals surface area contributed by atoms with E-state index in [9.17, 15) is 0 Å². The van der Waals surface area contributed by atoms with Crippen LogP contribution in [0.5, 0.6) is 0 Å². The lowest BCUT2D eigenvalue weighted by atomic mass is 10.0. The van der Waals surface area contributed by atoms with Crippen molar-refractivity contribution in [2.24, 2.45) is 0 Å². The summed E-state index contributed by atoms with van der Waals surface area (Å²) in [6.45, 7) is 2.09. The maximum Gasteiger partial charge on any atom is 0.139 e. The molecule has 7 heteroatoms. The van der Waals surface area contributed by atoms with E-state index >= 15 is 0 Å². The van der Waals surface area contributed by atoms with Crippen molar-refractivity contribution < 1.29 is 0 Å². The first kappa shape index (κ1) is 21.3. The van der Waals surface area contributed by atoms with Crippen molar-refractivity contribution >= 4 is 39.5 Å². The minimum atomic E-state index is 0.738. The number of aryl methyl sites for hydroxylation is 1. The molecule has 0 aliphatic heterocycles. The molecule has 7 nitrogen and oxygen atoms in total. The van der Waals surface area contributed by atoms with Gasteiger partial charge >= 0.3 is 0 Å². The quantitative estimate of drug-likeness (QED) is 0.333. The van der Waals surface area contributed by atoms with Crippen LogP contribution in [0.4, 0.5) is 28.7 Å². The third-order valence-corrected chi connectivity index (χ3v) is 5.69. The highest BCUT2D eigenvalue weighted by molar-refractivity contribution is 6.03. The summed E-state index contributed by atoms with van der Waals surface area (Å²) in [6, 6.07) is 20.3. The molecule has 0 amide bonds. The third-order valence-electron chi connectivity index (χ3n) is 5.69. The number of benzene rings is 2. The van der Waals surface area contributed by atoms with E-state index in [1.165, 1.54) is 0 Å². The third kappa shape index (κ3) is 4.23. The average molecular weight is 448 g/mol. The predicted molar refractivity (Wildman–Crippen MR) is 139 cm³/mol. The molecule has 5 aromatic rings. The van der Waals surface area contributed by atoms with Gasteiger partial charge in [0.05, 0.1) is 11.4 Å². The number of rotatable bonds is 6. The molecule has 0 saturated carbocycles. The van der Waals surface area contributed by atoms with Crippen molar-refractivity contribution in [3.8, 4) is 11.3 Å². The Morgan fingerprint density at radius 1 is 0.735 bits per heavy atom. The minimum absolute atomic E-state index is 0.738. The molecule has 0 fully saturated rings. The van der Waals surface area contributed by atoms with Crippen LogP contribution < -0.4 is 15.5 Å². The molecule has 3 aromatic heterocycles. The summed E-state index contributed by atoms with van der Waals surface area (Å²) in [7, 11) is 4.06. The van der Waals surface area contributed by atoms with Gasteiger partial charge in [-0.25, -0.2) is 19.9 Å². The summed E-state index contributed by atoms with van der Waals surface area (Å²) in [4.78, 5) is 19.8. The molecule has 0 unspecified atom stereocenters. The molecule has 0 radical (unpaired) electrons. The summed E-state index contributed by atoms with van der Waals surface area (Å²) in [5, 5.41) is 9.13. The van der Waals surface area contributed by atoms with Crippen molar-refractivity contribution in [2.75, 3.05) is 29.6 Å². The second-order valence-corrected chi connectivity index (χ2v) is 8.20. The standard InChI is InChI=1S/C27H25N7/c1-18-9-10-22-21(11-15-30-26(22)32-19-6-4-7-20(16-19)34(2)3)25(18)33-27-23(8-5-13-29-27)24-12-14-28-17-31-24/h4-17H,1-3H3,(H,29,33)(H,30,32). The van der Waals surface area contributed by atoms with Crippen LogP contribution in [-0.4, -0.2) is 34.0 Å². The van der Waals surface area contributed by atoms with E-state index in [0.29, 0.717) is 0 Å². The second-order valence-electron chi connectivity index (χ2n) is 8.20. The van der Waals surface area contributed by atoms with Crippen molar-refractivity contribution in [1.29, 1.82) is 0 Å². The summed E-state index contributed by atoms with van der Waals surface area (Å²) < 4.78 is 0. The fourth-order valence-corrected chi connectivity index (χ4v) is 3.91. The number of nitrogens with one attached hydrogen (secondary N) is 2. The summed E-state index contributed by atoms with van der Waals surface area (Å²) in [6.07, 6.45) is 6.88. The Balaban J connectivity index is 1.56. The summed E-state index contributed by atoms with van der Waals surface area (Å²) in [5.41, 5.74) is 5.92. The van der Waals surface area contributed by atoms with Gasteiger partial charge < -0.3 is 15.5 Å². The van der Waals surface area contributed by atoms with Gasteiger partial charge in [-0.1, -0.05) is 18.2 Å². The van der Waals surface area contributed by atoms with Crippen molar-refractivity contribution in [3.05, 3.63) is 91.1 Å². The predicted octanol–water partition coefficient (Wildman–Crippen LogP) is 5.95. The molecule has 0 atom stereocenters. The Kier molecular flexibility index (Phi) is 5.74. The van der Waals surface area contributed by atoms with Crippen LogP contribution in [0, 0.1) is 6.92 Å². The highest BCUT2D eigenvalue weighted by Gasteiger charge is 2.13. The lowest BCUT2D eigenvalue weighted by Crippen LogP contribution is -2.08. The van der Waals surface area contributed by atoms with Gasteiger partial charge in [-0.15, -0.1) is 0 Å². The lowest BCUT2D eigenvalue weighted by Gasteiger charge is -2.17. The fraction of sp³-hybridized carbons (Fsp3) is 0.111. The fourth-order valence-electron chi connectivity index (χ4n) is 3.91. The number of aromatic nitrogens is 4. The molecular weight excluding hydrogens is 422 g/mol. The summed E-state index contributed by atoms with van der Waals surface area (Å²) >= 11 is 0. The SMILES string of the molecule is Cc1ccc2c(Nc3cccc(N(C)C)c3)nccc2c1Nc1ncccc1-c1ccncn1. The average Bonchev–Trinajstić information content (AvgIpc) is 2.87. The Morgan fingerprint density at radius 3 is 2.44 bits per heavy atom. The molecule has 5 rings (SSSR count). The van der Waals surface area contributed by atoms with Crippen molar-refractivity contribution in [2.45, 2.75) is 6.92 Å². The molecule has 2 N–H and O–H groups in total. The van der Waals surface area contributed by atoms with E-state index in [1.54, 1.807) is 18.7 Å². The molecule has 3 heterocycles. The molecule has 0 spiro atoms. The van der Waals surface area contributed by atoms with Crippen LogP contribution in [0.25, 0.3) is 22.0 Å². The lowest BCUT2D eigenvalue weighted by molar-refractivity contribution is 1.13. The maximum absolute atomic E-state index is 4.63. The van der Waals surface area contributed by atoms with Gasteiger partial charge in [0.15, 0.2) is 0 Å². The molecule has 2 aromatic carbocycles. The summed E-state index contributed by atoms with van der Waals surface area (Å²) in [5.74, 6) is 1.54. The van der Waals surface area contributed by atoms with Gasteiger partial charge in [0, 0.05) is 60.4 Å². The maximum atomic E-state index is 4.63. The van der Waals surface area contributed by atoms with Crippen molar-refractivity contribution in [1.82, 2.24) is 19.9 Å². The molecule has 34 heavy (non-hydrogen) atoms. The van der Waals surface area contributed by atoms with Crippen LogP contribution >= 0.6 is 0 Å². The number of hydrogen-bond donors (Lipinski definition) is 2. The van der Waals surface area contributed by atoms with Gasteiger partial charge in [-0.2, -0.15) is 0 Å². The zero-order valence-electron chi connectivity index (χ0n) is 19.3. The highest BCUT2D eigenvalue weighted by atomic mass is 15.1. The van der Waals surface area contributed by atoms with E-state index in [0.717, 1.165) is 56.3 Å². The Labute approximate surface area is 198 Å². The molecule has 0 bridgehead atoms. The van der Waals surface area contributed by atoms with E-state index < -0.39 is 0 Å². The van der Waals surface area contributed by atoms with Gasteiger partial charge in [-0.3, -0.25) is 0 Å². The van der Waals surface area contributed by atoms with Gasteiger partial charge in [0.25, 0.3) is 0 Å². The van der Waals surface area contributed by atoms with Crippen LogP contribution in [0.3, 0.4) is 0 Å². The number of fused-ring (bicyclic) bond motifs is 1. The van der Waals surface area contributed by atoms with Gasteiger partial charge in [-0.05, 0) is 55.0 Å². The van der Waals surface area contributed by atoms with E-state index in [2.05, 4.69) is 66.7 Å². The molecule has 0 aliphatic carbocycles. The largest absolute Gasteiger partial charge is 0.378 e. The van der Waals surface area contributed by atoms with Gasteiger partial charge in [0.1, 0.15) is 18.0 Å². The zero-order chi connectivity index (χ0) is 23.5. The minimum Gasteiger partial charge on any atom is -0.378 e. The van der Waals surface area contributed by atoms with Crippen molar-refractivity contribution in [3.63, 3.8) is 0 Å². The van der Waals surface area contributed by atoms with Crippen LogP contribution in [0.15, 0.2) is 85.6 Å². The number of hydrogen-bond acceptors (Lipinski definition) is 7. The molecule has 0 aliphatic rings. The highest BCUT2D eigenvalue weighted by Crippen LogP contribution is 2.35. The smallest absolute Gasteiger partial charge is 0.139 e.